The highest BCUT2D eigenvalue weighted by molar-refractivity contribution is 6.30. The Labute approximate surface area is 131 Å². The lowest BCUT2D eigenvalue weighted by Crippen LogP contribution is -2.51. The molecule has 0 aromatic heterocycles. The summed E-state index contributed by atoms with van der Waals surface area (Å²) >= 11 is 6.25. The van der Waals surface area contributed by atoms with Crippen LogP contribution in [-0.4, -0.2) is 38.3 Å². The van der Waals surface area contributed by atoms with E-state index in [-0.39, 0.29) is 11.6 Å². The second kappa shape index (κ2) is 5.67. The second-order valence-electron chi connectivity index (χ2n) is 6.31. The van der Waals surface area contributed by atoms with Gasteiger partial charge in [0.05, 0.1) is 7.11 Å². The highest BCUT2D eigenvalue weighted by atomic mass is 35.5. The first-order chi connectivity index (χ1) is 10.0. The molecule has 4 nitrogen and oxygen atoms in total. The van der Waals surface area contributed by atoms with Gasteiger partial charge < -0.3 is 15.2 Å². The number of benzene rings is 1. The minimum Gasteiger partial charge on any atom is -0.493 e. The van der Waals surface area contributed by atoms with E-state index in [2.05, 4.69) is 11.9 Å². The van der Waals surface area contributed by atoms with Gasteiger partial charge in [-0.1, -0.05) is 24.4 Å². The van der Waals surface area contributed by atoms with E-state index in [1.807, 2.05) is 6.07 Å². The maximum atomic E-state index is 6.63. The molecular weight excluding hydrogens is 288 g/mol. The first kappa shape index (κ1) is 14.9. The van der Waals surface area contributed by atoms with Crippen LogP contribution < -0.4 is 15.2 Å². The van der Waals surface area contributed by atoms with E-state index in [9.17, 15) is 0 Å². The Hall–Kier alpha value is -0.970. The summed E-state index contributed by atoms with van der Waals surface area (Å²) in [5.41, 5.74) is 7.29. The van der Waals surface area contributed by atoms with E-state index >= 15 is 0 Å². The highest BCUT2D eigenvalue weighted by Crippen LogP contribution is 2.46. The molecule has 116 valence electrons. The van der Waals surface area contributed by atoms with Crippen molar-refractivity contribution < 1.29 is 9.47 Å². The molecule has 1 aliphatic carbocycles. The topological polar surface area (TPSA) is 47.7 Å². The number of hydrogen-bond donors (Lipinski definition) is 1. The van der Waals surface area contributed by atoms with Gasteiger partial charge in [-0.15, -0.1) is 0 Å². The number of nitrogens with zero attached hydrogens (tertiary/aromatic N) is 1. The van der Waals surface area contributed by atoms with Gasteiger partial charge in [0.25, 0.3) is 0 Å². The average molecular weight is 311 g/mol. The molecule has 1 aromatic carbocycles. The summed E-state index contributed by atoms with van der Waals surface area (Å²) in [7, 11) is 3.73. The monoisotopic (exact) mass is 310 g/mol. The van der Waals surface area contributed by atoms with Crippen molar-refractivity contribution in [1.82, 2.24) is 4.90 Å². The maximum Gasteiger partial charge on any atom is 0.166 e. The number of nitrogens with two attached hydrogens (primary N) is 1. The zero-order valence-electron chi connectivity index (χ0n) is 12.7. The summed E-state index contributed by atoms with van der Waals surface area (Å²) < 4.78 is 11.7. The molecule has 1 aromatic rings. The lowest BCUT2D eigenvalue weighted by Gasteiger charge is -2.38. The Morgan fingerprint density at radius 2 is 1.95 bits per heavy atom. The van der Waals surface area contributed by atoms with Crippen molar-refractivity contribution in [3.05, 3.63) is 22.7 Å². The second-order valence-corrected chi connectivity index (χ2v) is 6.75. The molecule has 3 rings (SSSR count). The van der Waals surface area contributed by atoms with Crippen molar-refractivity contribution >= 4 is 11.6 Å². The lowest BCUT2D eigenvalue weighted by molar-refractivity contribution is 0.0353. The van der Waals surface area contributed by atoms with Crippen LogP contribution in [0.2, 0.25) is 5.02 Å². The Morgan fingerprint density at radius 3 is 2.52 bits per heavy atom. The Kier molecular flexibility index (Phi) is 4.04. The number of halogens is 1. The molecule has 0 spiro atoms. The van der Waals surface area contributed by atoms with Crippen LogP contribution in [0.1, 0.15) is 31.2 Å². The minimum absolute atomic E-state index is 0.203. The standard InChI is InChI=1S/C16H23ClN2O2/c1-19-9-12(10-19)21-15-13(16(18)5-3-4-6-16)7-11(17)8-14(15)20-2/h7-8,12H,3-6,9-10,18H2,1-2H3. The van der Waals surface area contributed by atoms with Gasteiger partial charge in [0, 0.05) is 35.3 Å². The zero-order valence-corrected chi connectivity index (χ0v) is 13.4. The first-order valence-corrected chi connectivity index (χ1v) is 7.92. The molecule has 0 radical (unpaired) electrons. The summed E-state index contributed by atoms with van der Waals surface area (Å²) in [5.74, 6) is 1.47. The third kappa shape index (κ3) is 2.85. The van der Waals surface area contributed by atoms with E-state index in [0.29, 0.717) is 10.8 Å². The molecule has 5 heteroatoms. The maximum absolute atomic E-state index is 6.63. The van der Waals surface area contributed by atoms with Gasteiger partial charge in [-0.2, -0.15) is 0 Å². The fourth-order valence-corrected chi connectivity index (χ4v) is 3.58. The molecule has 2 aliphatic rings. The predicted octanol–water partition coefficient (Wildman–Crippen LogP) is 2.77. The van der Waals surface area contributed by atoms with Crippen LogP contribution in [0.15, 0.2) is 12.1 Å². The number of rotatable bonds is 4. The van der Waals surface area contributed by atoms with Gasteiger partial charge in [0.15, 0.2) is 11.5 Å². The molecule has 0 unspecified atom stereocenters. The van der Waals surface area contributed by atoms with Crippen molar-refractivity contribution in [2.24, 2.45) is 5.73 Å². The molecule has 1 saturated carbocycles. The van der Waals surface area contributed by atoms with Crippen LogP contribution in [0.4, 0.5) is 0 Å². The highest BCUT2D eigenvalue weighted by Gasteiger charge is 2.37. The predicted molar refractivity (Wildman–Crippen MR) is 84.3 cm³/mol. The molecule has 0 bridgehead atoms. The Morgan fingerprint density at radius 1 is 1.29 bits per heavy atom. The fourth-order valence-electron chi connectivity index (χ4n) is 3.37. The number of methoxy groups -OCH3 is 1. The third-order valence-electron chi connectivity index (χ3n) is 4.59. The van der Waals surface area contributed by atoms with Gasteiger partial charge in [0.1, 0.15) is 6.10 Å². The van der Waals surface area contributed by atoms with Gasteiger partial charge >= 0.3 is 0 Å². The molecular formula is C16H23ClN2O2. The summed E-state index contributed by atoms with van der Waals surface area (Å²) in [4.78, 5) is 2.22. The lowest BCUT2D eigenvalue weighted by atomic mass is 9.88. The van der Waals surface area contributed by atoms with Crippen molar-refractivity contribution in [3.8, 4) is 11.5 Å². The minimum atomic E-state index is -0.344. The zero-order chi connectivity index (χ0) is 15.0. The number of ether oxygens (including phenoxy) is 2. The van der Waals surface area contributed by atoms with E-state index in [4.69, 9.17) is 26.8 Å². The van der Waals surface area contributed by atoms with Crippen molar-refractivity contribution in [3.63, 3.8) is 0 Å². The molecule has 1 heterocycles. The van der Waals surface area contributed by atoms with Crippen LogP contribution in [0.3, 0.4) is 0 Å². The van der Waals surface area contributed by atoms with E-state index in [1.54, 1.807) is 13.2 Å². The van der Waals surface area contributed by atoms with Gasteiger partial charge in [-0.3, -0.25) is 4.90 Å². The van der Waals surface area contributed by atoms with Gasteiger partial charge in [-0.25, -0.2) is 0 Å². The Balaban J connectivity index is 1.97. The summed E-state index contributed by atoms with van der Waals surface area (Å²) in [6, 6.07) is 3.76. The fraction of sp³-hybridized carbons (Fsp3) is 0.625. The summed E-state index contributed by atoms with van der Waals surface area (Å²) in [6.45, 7) is 1.87. The third-order valence-corrected chi connectivity index (χ3v) is 4.81. The summed E-state index contributed by atoms with van der Waals surface area (Å²) in [5, 5.41) is 0.650. The molecule has 0 atom stereocenters. The van der Waals surface area contributed by atoms with Gasteiger partial charge in [0.2, 0.25) is 0 Å². The molecule has 1 saturated heterocycles. The quantitative estimate of drug-likeness (QED) is 0.929. The summed E-state index contributed by atoms with van der Waals surface area (Å²) in [6.07, 6.45) is 4.44. The molecule has 21 heavy (non-hydrogen) atoms. The molecule has 2 N–H and O–H groups in total. The van der Waals surface area contributed by atoms with Crippen LogP contribution >= 0.6 is 11.6 Å². The Bertz CT molecular complexity index is 523. The molecule has 1 aliphatic heterocycles. The van der Waals surface area contributed by atoms with E-state index < -0.39 is 0 Å². The van der Waals surface area contributed by atoms with Gasteiger partial charge in [-0.05, 0) is 26.0 Å². The first-order valence-electron chi connectivity index (χ1n) is 7.54. The largest absolute Gasteiger partial charge is 0.493 e. The van der Waals surface area contributed by atoms with Crippen LogP contribution in [-0.2, 0) is 5.54 Å². The normalized spacial score (nSPS) is 22.1. The van der Waals surface area contributed by atoms with Crippen LogP contribution in [0.25, 0.3) is 0 Å². The van der Waals surface area contributed by atoms with Crippen molar-refractivity contribution in [1.29, 1.82) is 0 Å². The van der Waals surface area contributed by atoms with Crippen molar-refractivity contribution in [2.45, 2.75) is 37.3 Å². The number of hydrogen-bond acceptors (Lipinski definition) is 4. The van der Waals surface area contributed by atoms with Crippen LogP contribution in [0.5, 0.6) is 11.5 Å². The number of likely N-dealkylation sites (N-methyl/N-ethyl adjacent to an activating group) is 1. The van der Waals surface area contributed by atoms with E-state index in [0.717, 1.165) is 50.1 Å². The average Bonchev–Trinajstić information content (AvgIpc) is 2.86. The molecule has 0 amide bonds. The number of likely N-dealkylation sites (tertiary alicyclic amines) is 1. The van der Waals surface area contributed by atoms with E-state index in [1.165, 1.54) is 0 Å². The van der Waals surface area contributed by atoms with Crippen LogP contribution in [0, 0.1) is 0 Å². The molecule has 2 fully saturated rings. The SMILES string of the molecule is COc1cc(Cl)cc(C2(N)CCCC2)c1OC1CN(C)C1. The van der Waals surface area contributed by atoms with Crippen molar-refractivity contribution in [2.75, 3.05) is 27.2 Å². The smallest absolute Gasteiger partial charge is 0.166 e.